The molecule has 0 bridgehead atoms. The molecule has 0 N–H and O–H groups in total. The highest BCUT2D eigenvalue weighted by atomic mass is 35.5. The van der Waals surface area contributed by atoms with Crippen LogP contribution >= 0.6 is 11.6 Å². The molecule has 0 saturated heterocycles. The zero-order valence-electron chi connectivity index (χ0n) is 16.2. The molecule has 6 nitrogen and oxygen atoms in total. The van der Waals surface area contributed by atoms with Gasteiger partial charge in [-0.25, -0.2) is 9.18 Å². The Labute approximate surface area is 176 Å². The number of esters is 1. The van der Waals surface area contributed by atoms with Gasteiger partial charge in [0.15, 0.2) is 18.1 Å². The Balaban J connectivity index is 1.50. The maximum atomic E-state index is 13.5. The summed E-state index contributed by atoms with van der Waals surface area (Å²) in [5, 5.41) is -0.00877. The van der Waals surface area contributed by atoms with E-state index in [4.69, 9.17) is 25.8 Å². The minimum Gasteiger partial charge on any atom is -0.454 e. The van der Waals surface area contributed by atoms with Crippen LogP contribution in [0.4, 0.5) is 4.39 Å². The summed E-state index contributed by atoms with van der Waals surface area (Å²) in [7, 11) is 0. The Morgan fingerprint density at radius 2 is 1.87 bits per heavy atom. The van der Waals surface area contributed by atoms with Gasteiger partial charge in [-0.15, -0.1) is 0 Å². The predicted octanol–water partition coefficient (Wildman–Crippen LogP) is 4.66. The first-order valence-electron chi connectivity index (χ1n) is 9.09. The number of ketones is 1. The van der Waals surface area contributed by atoms with E-state index in [0.717, 1.165) is 5.69 Å². The molecule has 0 saturated carbocycles. The molecule has 1 aliphatic heterocycles. The molecule has 154 valence electrons. The van der Waals surface area contributed by atoms with E-state index in [0.29, 0.717) is 28.4 Å². The van der Waals surface area contributed by atoms with E-state index in [1.807, 2.05) is 6.92 Å². The van der Waals surface area contributed by atoms with E-state index >= 15 is 0 Å². The lowest BCUT2D eigenvalue weighted by Crippen LogP contribution is -2.15. The van der Waals surface area contributed by atoms with Gasteiger partial charge in [0.2, 0.25) is 12.6 Å². The molecule has 0 atom stereocenters. The number of hydrogen-bond donors (Lipinski definition) is 0. The van der Waals surface area contributed by atoms with Crippen LogP contribution in [0.3, 0.4) is 0 Å². The number of fused-ring (bicyclic) bond motifs is 1. The third-order valence-corrected chi connectivity index (χ3v) is 5.13. The second-order valence-electron chi connectivity index (χ2n) is 6.79. The van der Waals surface area contributed by atoms with Gasteiger partial charge in [0.05, 0.1) is 10.6 Å². The molecule has 1 aliphatic rings. The fourth-order valence-electron chi connectivity index (χ4n) is 3.38. The highest BCUT2D eigenvalue weighted by Crippen LogP contribution is 2.32. The summed E-state index contributed by atoms with van der Waals surface area (Å²) in [5.41, 5.74) is 2.71. The van der Waals surface area contributed by atoms with Crippen LogP contribution in [-0.4, -0.2) is 29.7 Å². The summed E-state index contributed by atoms with van der Waals surface area (Å²) in [4.78, 5) is 25.0. The molecule has 0 amide bonds. The van der Waals surface area contributed by atoms with E-state index in [2.05, 4.69) is 0 Å². The van der Waals surface area contributed by atoms with Crippen molar-refractivity contribution in [3.05, 3.63) is 75.8 Å². The molecule has 2 aromatic carbocycles. The summed E-state index contributed by atoms with van der Waals surface area (Å²) in [6, 6.07) is 10.7. The second-order valence-corrected chi connectivity index (χ2v) is 7.19. The van der Waals surface area contributed by atoms with Gasteiger partial charge in [-0.1, -0.05) is 11.6 Å². The maximum Gasteiger partial charge on any atom is 0.338 e. The summed E-state index contributed by atoms with van der Waals surface area (Å²) in [6.07, 6.45) is 0. The minimum atomic E-state index is -0.638. The van der Waals surface area contributed by atoms with Crippen LogP contribution in [0.1, 0.15) is 32.1 Å². The normalized spacial score (nSPS) is 12.1. The molecule has 0 fully saturated rings. The lowest BCUT2D eigenvalue weighted by molar-refractivity contribution is 0.0474. The number of benzene rings is 2. The minimum absolute atomic E-state index is 0.00877. The number of Topliss-reactive ketones (excluding diaryl/α,β-unsaturated/α-hetero) is 1. The molecule has 0 spiro atoms. The van der Waals surface area contributed by atoms with Gasteiger partial charge in [-0.2, -0.15) is 0 Å². The van der Waals surface area contributed by atoms with Crippen molar-refractivity contribution in [2.24, 2.45) is 0 Å². The summed E-state index contributed by atoms with van der Waals surface area (Å²) < 4.78 is 30.9. The molecule has 0 radical (unpaired) electrons. The first-order chi connectivity index (χ1) is 14.3. The highest BCUT2D eigenvalue weighted by Gasteiger charge is 2.21. The standard InChI is InChI=1S/C22H17ClFNO5/c1-12-7-16(13(2)25(12)15-4-5-18(24)17(23)9-15)19(26)10-28-22(27)14-3-6-20-21(8-14)30-11-29-20/h3-9H,10-11H2,1-2H3. The molecule has 8 heteroatoms. The van der Waals surface area contributed by atoms with Gasteiger partial charge < -0.3 is 18.8 Å². The number of nitrogens with zero attached hydrogens (tertiary/aromatic N) is 1. The Hall–Kier alpha value is -3.32. The molecule has 0 aliphatic carbocycles. The van der Waals surface area contributed by atoms with Crippen molar-refractivity contribution in [2.75, 3.05) is 13.4 Å². The number of ether oxygens (including phenoxy) is 3. The van der Waals surface area contributed by atoms with E-state index in [9.17, 15) is 14.0 Å². The van der Waals surface area contributed by atoms with Crippen LogP contribution in [0.5, 0.6) is 11.5 Å². The number of rotatable bonds is 5. The van der Waals surface area contributed by atoms with E-state index in [1.165, 1.54) is 18.2 Å². The van der Waals surface area contributed by atoms with Gasteiger partial charge >= 0.3 is 5.97 Å². The molecule has 2 heterocycles. The predicted molar refractivity (Wildman–Crippen MR) is 107 cm³/mol. The summed E-state index contributed by atoms with van der Waals surface area (Å²) >= 11 is 5.89. The van der Waals surface area contributed by atoms with Crippen LogP contribution in [0.2, 0.25) is 5.02 Å². The van der Waals surface area contributed by atoms with Crippen molar-refractivity contribution < 1.29 is 28.2 Å². The summed E-state index contributed by atoms with van der Waals surface area (Å²) in [6.45, 7) is 3.26. The molecular formula is C22H17ClFNO5. The maximum absolute atomic E-state index is 13.5. The third-order valence-electron chi connectivity index (χ3n) is 4.84. The number of aromatic nitrogens is 1. The van der Waals surface area contributed by atoms with Gasteiger partial charge in [0, 0.05) is 22.6 Å². The fourth-order valence-corrected chi connectivity index (χ4v) is 3.56. The Kier molecular flexibility index (Phi) is 5.22. The first-order valence-corrected chi connectivity index (χ1v) is 9.47. The zero-order valence-corrected chi connectivity index (χ0v) is 17.0. The first kappa shape index (κ1) is 20.0. The Bertz CT molecular complexity index is 1170. The topological polar surface area (TPSA) is 66.8 Å². The van der Waals surface area contributed by atoms with Crippen molar-refractivity contribution in [3.63, 3.8) is 0 Å². The van der Waals surface area contributed by atoms with Gasteiger partial charge in [-0.05, 0) is 56.3 Å². The largest absolute Gasteiger partial charge is 0.454 e. The van der Waals surface area contributed by atoms with Gasteiger partial charge in [0.1, 0.15) is 5.82 Å². The number of aryl methyl sites for hydroxylation is 1. The molecule has 4 rings (SSSR count). The van der Waals surface area contributed by atoms with Crippen molar-refractivity contribution in [1.29, 1.82) is 0 Å². The van der Waals surface area contributed by atoms with Crippen LogP contribution in [-0.2, 0) is 4.74 Å². The van der Waals surface area contributed by atoms with Crippen molar-refractivity contribution in [1.82, 2.24) is 4.57 Å². The molecule has 30 heavy (non-hydrogen) atoms. The monoisotopic (exact) mass is 429 g/mol. The van der Waals surface area contributed by atoms with Gasteiger partial charge in [0.25, 0.3) is 0 Å². The Morgan fingerprint density at radius 1 is 1.10 bits per heavy atom. The van der Waals surface area contributed by atoms with Crippen LogP contribution < -0.4 is 9.47 Å². The SMILES string of the molecule is Cc1cc(C(=O)COC(=O)c2ccc3c(c2)OCO3)c(C)n1-c1ccc(F)c(Cl)c1. The molecular weight excluding hydrogens is 413 g/mol. The number of halogens is 2. The molecule has 3 aromatic rings. The van der Waals surface area contributed by atoms with E-state index in [-0.39, 0.29) is 23.2 Å². The quantitative estimate of drug-likeness (QED) is 0.436. The molecule has 1 aromatic heterocycles. The molecule has 0 unspecified atom stereocenters. The smallest absolute Gasteiger partial charge is 0.338 e. The van der Waals surface area contributed by atoms with Crippen molar-refractivity contribution in [2.45, 2.75) is 13.8 Å². The van der Waals surface area contributed by atoms with Crippen LogP contribution in [0.25, 0.3) is 5.69 Å². The van der Waals surface area contributed by atoms with Gasteiger partial charge in [-0.3, -0.25) is 4.79 Å². The number of hydrogen-bond acceptors (Lipinski definition) is 5. The average molecular weight is 430 g/mol. The third kappa shape index (κ3) is 3.64. The average Bonchev–Trinajstić information content (AvgIpc) is 3.31. The van der Waals surface area contributed by atoms with Crippen LogP contribution in [0, 0.1) is 19.7 Å². The lowest BCUT2D eigenvalue weighted by Gasteiger charge is -2.11. The summed E-state index contributed by atoms with van der Waals surface area (Å²) in [5.74, 6) is -0.500. The van der Waals surface area contributed by atoms with E-state index < -0.39 is 18.4 Å². The zero-order chi connectivity index (χ0) is 21.4. The lowest BCUT2D eigenvalue weighted by atomic mass is 10.1. The van der Waals surface area contributed by atoms with Crippen LogP contribution in [0.15, 0.2) is 42.5 Å². The number of carbonyl (C=O) groups excluding carboxylic acids is 2. The fraction of sp³-hybridized carbons (Fsp3) is 0.182. The second kappa shape index (κ2) is 7.84. The van der Waals surface area contributed by atoms with E-state index in [1.54, 1.807) is 35.8 Å². The Morgan fingerprint density at radius 3 is 2.63 bits per heavy atom. The highest BCUT2D eigenvalue weighted by molar-refractivity contribution is 6.30. The number of carbonyl (C=O) groups is 2. The van der Waals surface area contributed by atoms with Crippen molar-refractivity contribution >= 4 is 23.4 Å². The van der Waals surface area contributed by atoms with Crippen molar-refractivity contribution in [3.8, 4) is 17.2 Å².